The Bertz CT molecular complexity index is 8110. The van der Waals surface area contributed by atoms with E-state index in [1.807, 2.05) is 99.8 Å². The molecule has 0 radical (unpaired) electrons. The molecule has 0 saturated carbocycles. The predicted octanol–water partition coefficient (Wildman–Crippen LogP) is 26.5. The Hall–Kier alpha value is -18.0. The molecular weight excluding hydrogens is 1840 g/mol. The van der Waals surface area contributed by atoms with Crippen molar-refractivity contribution < 1.29 is 85.4 Å². The van der Waals surface area contributed by atoms with Crippen LogP contribution in [0.15, 0.2) is 340 Å². The fourth-order valence-corrected chi connectivity index (χ4v) is 15.6. The van der Waals surface area contributed by atoms with Crippen molar-refractivity contribution in [1.82, 2.24) is 52.5 Å². The molecule has 0 atom stereocenters. The molecule has 10 heterocycles. The SMILES string of the molecule is Cc1ccc(NC(=O)c2cc(-c3cccn4c(-c5cccc(F)c5F)ncc34)ccc2C(F)(F)F)cc1.Cc1ccc(NC(=O)c2cc(-c3cccn4c(-c5cccc(F)c5F)ncc34)ccc2OC(F)(F)F)cc1.Cc1ccc(NC(=O)c2cc(-c3cccn4c(-c5ncccn5)ncc34)ccc2C(F)(F)F)cc1.Cc1ccc(NC(=O)c2cc(-c3cccn4c(-c5ncco5)ncc34)ccc2C)cc1. The summed E-state index contributed by atoms with van der Waals surface area (Å²) in [5.41, 5.74) is 10.9. The molecule has 4 amide bonds. The Labute approximate surface area is 793 Å². The lowest BCUT2D eigenvalue weighted by molar-refractivity contribution is -0.274. The number of hydrogen-bond donors (Lipinski definition) is 4. The van der Waals surface area contributed by atoms with Crippen LogP contribution < -0.4 is 26.0 Å². The van der Waals surface area contributed by atoms with Gasteiger partial charge in [-0.3, -0.25) is 36.8 Å². The van der Waals surface area contributed by atoms with Crippen molar-refractivity contribution in [2.24, 2.45) is 0 Å². The molecule has 20 aromatic rings. The molecular formula is C107H74F13N15O6. The molecule has 704 valence electrons. The van der Waals surface area contributed by atoms with Crippen molar-refractivity contribution in [3.8, 4) is 96.4 Å². The first-order valence-corrected chi connectivity index (χ1v) is 43.0. The standard InChI is InChI=1S/C28H18F5N3O2.C28H18F5N3O.C26H18F3N5O.C25H20N4O2/c1-16-7-10-18(11-8-16)35-27(37)21-14-17(9-12-24(21)38-28(31,32)33)19-5-3-13-36-23(19)15-34-26(36)20-4-2-6-22(29)25(20)30;1-16-7-10-18(11-8-16)35-27(37)21-14-17(9-12-22(21)28(31,32)33)19-5-3-13-36-24(19)15-34-26(36)20-4-2-6-23(29)25(20)30;1-16-5-8-18(9-6-16)33-25(35)20-14-17(7-10-21(20)26(27,28)29)19-4-2-13-34-22(19)15-32-24(34)23-30-11-3-12-31-23;1-16-5-9-19(10-6-16)28-24(30)21-14-18(8-7-17(21)2)20-4-3-12-29-22(20)15-27-23(29)25-26-11-13-31-25/h2-15H,1H3,(H,35,37);2-15H,1H3,(H,35,37);2-15H,1H3,(H,33,35);3-15H,1-2H3,(H,28,30). The van der Waals surface area contributed by atoms with Crippen molar-refractivity contribution in [1.29, 1.82) is 0 Å². The van der Waals surface area contributed by atoms with E-state index in [0.29, 0.717) is 95.9 Å². The van der Waals surface area contributed by atoms with Crippen LogP contribution in [-0.4, -0.2) is 82.5 Å². The summed E-state index contributed by atoms with van der Waals surface area (Å²) < 4.78 is 195. The van der Waals surface area contributed by atoms with Gasteiger partial charge in [-0.2, -0.15) is 26.3 Å². The molecule has 0 fully saturated rings. The number of fused-ring (bicyclic) bond motifs is 4. The summed E-state index contributed by atoms with van der Waals surface area (Å²) >= 11 is 0. The highest BCUT2D eigenvalue weighted by Gasteiger charge is 2.39. The van der Waals surface area contributed by atoms with Gasteiger partial charge in [-0.15, -0.1) is 13.2 Å². The summed E-state index contributed by atoms with van der Waals surface area (Å²) in [6, 6.07) is 67.6. The van der Waals surface area contributed by atoms with Gasteiger partial charge in [-0.05, 0) is 208 Å². The Morgan fingerprint density at radius 1 is 0.319 bits per heavy atom. The van der Waals surface area contributed by atoms with E-state index >= 15 is 0 Å². The van der Waals surface area contributed by atoms with Crippen LogP contribution in [0.1, 0.15) is 80.4 Å². The molecule has 10 aromatic heterocycles. The number of ether oxygens (including phenoxy) is 1. The summed E-state index contributed by atoms with van der Waals surface area (Å²) in [5.74, 6) is -5.31. The number of carbonyl (C=O) groups is 4. The van der Waals surface area contributed by atoms with Gasteiger partial charge >= 0.3 is 18.7 Å². The number of aryl methyl sites for hydroxylation is 5. The van der Waals surface area contributed by atoms with Crippen LogP contribution in [-0.2, 0) is 12.4 Å². The third-order valence-electron chi connectivity index (χ3n) is 22.6. The van der Waals surface area contributed by atoms with Crippen molar-refractivity contribution >= 4 is 68.4 Å². The van der Waals surface area contributed by atoms with Crippen LogP contribution in [0.5, 0.6) is 5.75 Å². The highest BCUT2D eigenvalue weighted by atomic mass is 19.4. The van der Waals surface area contributed by atoms with E-state index < -0.39 is 87.7 Å². The maximum Gasteiger partial charge on any atom is 0.573 e. The molecule has 34 heteroatoms. The first-order chi connectivity index (χ1) is 67.6. The minimum Gasteiger partial charge on any atom is -0.442 e. The zero-order chi connectivity index (χ0) is 99.3. The number of imidazole rings is 4. The molecule has 0 saturated heterocycles. The number of benzene rings is 10. The second kappa shape index (κ2) is 39.8. The number of anilines is 4. The number of nitrogens with zero attached hydrogens (tertiary/aromatic N) is 11. The van der Waals surface area contributed by atoms with Gasteiger partial charge in [-0.25, -0.2) is 52.4 Å². The number of pyridine rings is 4. The molecule has 0 unspecified atom stereocenters. The van der Waals surface area contributed by atoms with Crippen LogP contribution in [0.3, 0.4) is 0 Å². The molecule has 20 rings (SSSR count). The number of nitrogens with one attached hydrogen (secondary N) is 4. The smallest absolute Gasteiger partial charge is 0.442 e. The molecule has 0 aliphatic carbocycles. The molecule has 0 aliphatic rings. The second-order valence-electron chi connectivity index (χ2n) is 32.2. The minimum absolute atomic E-state index is 0.0609. The number of halogens is 13. The van der Waals surface area contributed by atoms with Crippen LogP contribution in [0.2, 0.25) is 0 Å². The number of aromatic nitrogens is 11. The van der Waals surface area contributed by atoms with E-state index in [9.17, 15) is 76.3 Å². The molecule has 0 bridgehead atoms. The normalized spacial score (nSPS) is 11.4. The van der Waals surface area contributed by atoms with Crippen LogP contribution in [0.25, 0.3) is 113 Å². The maximum atomic E-state index is 14.5. The van der Waals surface area contributed by atoms with E-state index in [1.54, 1.807) is 169 Å². The Kier molecular flexibility index (Phi) is 26.7. The summed E-state index contributed by atoms with van der Waals surface area (Å²) in [6.07, 6.45) is 4.96. The van der Waals surface area contributed by atoms with Crippen molar-refractivity contribution in [3.05, 3.63) is 420 Å². The summed E-state index contributed by atoms with van der Waals surface area (Å²) in [6.45, 7) is 9.54. The molecule has 4 N–H and O–H groups in total. The number of rotatable bonds is 17. The zero-order valence-corrected chi connectivity index (χ0v) is 74.5. The first-order valence-electron chi connectivity index (χ1n) is 43.0. The monoisotopic (exact) mass is 1910 g/mol. The third-order valence-corrected chi connectivity index (χ3v) is 22.6. The Morgan fingerprint density at radius 3 is 1.02 bits per heavy atom. The molecule has 0 spiro atoms. The van der Waals surface area contributed by atoms with Crippen molar-refractivity contribution in [2.45, 2.75) is 53.3 Å². The predicted molar refractivity (Wildman–Crippen MR) is 508 cm³/mol. The number of oxazole rings is 1. The summed E-state index contributed by atoms with van der Waals surface area (Å²) in [5, 5.41) is 10.7. The highest BCUT2D eigenvalue weighted by Crippen LogP contribution is 2.42. The van der Waals surface area contributed by atoms with Crippen LogP contribution in [0, 0.1) is 57.9 Å². The van der Waals surface area contributed by atoms with Gasteiger partial charge in [0.1, 0.15) is 23.7 Å². The molecule has 21 nitrogen and oxygen atoms in total. The van der Waals surface area contributed by atoms with Gasteiger partial charge in [0, 0.05) is 87.7 Å². The minimum atomic E-state index is -5.02. The van der Waals surface area contributed by atoms with Gasteiger partial charge in [0.15, 0.2) is 34.9 Å². The number of hydrogen-bond acceptors (Lipinski definition) is 13. The zero-order valence-electron chi connectivity index (χ0n) is 74.5. The lowest BCUT2D eigenvalue weighted by atomic mass is 9.98. The molecule has 141 heavy (non-hydrogen) atoms. The number of amides is 4. The van der Waals surface area contributed by atoms with Gasteiger partial charge < -0.3 is 30.4 Å². The highest BCUT2D eigenvalue weighted by molar-refractivity contribution is 6.10. The summed E-state index contributed by atoms with van der Waals surface area (Å²) in [7, 11) is 0. The van der Waals surface area contributed by atoms with Gasteiger partial charge in [0.2, 0.25) is 5.82 Å². The van der Waals surface area contributed by atoms with Crippen molar-refractivity contribution in [3.63, 3.8) is 0 Å². The Morgan fingerprint density at radius 2 is 0.645 bits per heavy atom. The third kappa shape index (κ3) is 20.9. The maximum absolute atomic E-state index is 14.5. The fourth-order valence-electron chi connectivity index (χ4n) is 15.6. The lowest BCUT2D eigenvalue weighted by Gasteiger charge is -2.15. The Balaban J connectivity index is 0.000000130. The largest absolute Gasteiger partial charge is 0.573 e. The topological polar surface area (TPSA) is 247 Å². The van der Waals surface area contributed by atoms with Gasteiger partial charge in [0.25, 0.3) is 29.5 Å². The van der Waals surface area contributed by atoms with E-state index in [2.05, 4.69) is 60.9 Å². The summed E-state index contributed by atoms with van der Waals surface area (Å²) in [4.78, 5) is 82.0. The van der Waals surface area contributed by atoms with Crippen LogP contribution in [0.4, 0.5) is 79.8 Å². The van der Waals surface area contributed by atoms with E-state index in [-0.39, 0.29) is 34.2 Å². The molecule has 10 aromatic carbocycles. The fraction of sp³-hybridized carbons (Fsp3) is 0.0748. The van der Waals surface area contributed by atoms with Gasteiger partial charge in [-0.1, -0.05) is 138 Å². The second-order valence-corrected chi connectivity index (χ2v) is 32.2. The number of alkyl halides is 9. The van der Waals surface area contributed by atoms with Gasteiger partial charge in [0.05, 0.1) is 92.0 Å². The first kappa shape index (κ1) is 94.8. The quantitative estimate of drug-likeness (QED) is 0.0620. The van der Waals surface area contributed by atoms with E-state index in [1.165, 1.54) is 82.1 Å². The average Bonchev–Trinajstić information content (AvgIpc) is 1.70. The number of carbonyl (C=O) groups excluding carboxylic acids is 4. The lowest BCUT2D eigenvalue weighted by Crippen LogP contribution is -2.21. The van der Waals surface area contributed by atoms with E-state index in [0.717, 1.165) is 86.5 Å². The average molecular weight is 1910 g/mol. The van der Waals surface area contributed by atoms with Crippen LogP contribution >= 0.6 is 0 Å². The van der Waals surface area contributed by atoms with E-state index in [4.69, 9.17) is 4.42 Å². The molecule has 0 aliphatic heterocycles. The van der Waals surface area contributed by atoms with Crippen molar-refractivity contribution in [2.75, 3.05) is 21.3 Å².